The minimum Gasteiger partial charge on any atom is -0.414 e. The molecule has 1 atom stereocenters. The van der Waals surface area contributed by atoms with Gasteiger partial charge in [0.1, 0.15) is 0 Å². The van der Waals surface area contributed by atoms with Crippen LogP contribution in [0.1, 0.15) is 39.0 Å². The van der Waals surface area contributed by atoms with Gasteiger partial charge in [0.05, 0.1) is 0 Å². The molecular formula is C15H28O2Si. The van der Waals surface area contributed by atoms with Gasteiger partial charge in [-0.25, -0.2) is 0 Å². The number of hydrogen-bond donors (Lipinski definition) is 0. The van der Waals surface area contributed by atoms with E-state index in [1.165, 1.54) is 6.42 Å². The van der Waals surface area contributed by atoms with E-state index < -0.39 is 8.32 Å². The maximum atomic E-state index is 10.2. The van der Waals surface area contributed by atoms with Crippen LogP contribution in [0.3, 0.4) is 0 Å². The van der Waals surface area contributed by atoms with E-state index in [-0.39, 0.29) is 5.78 Å². The van der Waals surface area contributed by atoms with Crippen molar-refractivity contribution in [3.05, 3.63) is 24.8 Å². The van der Waals surface area contributed by atoms with Crippen molar-refractivity contribution in [1.29, 1.82) is 0 Å². The lowest BCUT2D eigenvalue weighted by molar-refractivity contribution is -0.114. The van der Waals surface area contributed by atoms with E-state index >= 15 is 0 Å². The molecule has 0 radical (unpaired) electrons. The van der Waals surface area contributed by atoms with Crippen molar-refractivity contribution >= 4 is 14.1 Å². The smallest absolute Gasteiger partial charge is 0.184 e. The van der Waals surface area contributed by atoms with Crippen molar-refractivity contribution in [3.63, 3.8) is 0 Å². The van der Waals surface area contributed by atoms with Crippen molar-refractivity contribution in [2.45, 2.75) is 64.8 Å². The molecule has 0 amide bonds. The van der Waals surface area contributed by atoms with E-state index in [4.69, 9.17) is 4.43 Å². The summed E-state index contributed by atoms with van der Waals surface area (Å²) in [5, 5.41) is 0. The maximum Gasteiger partial charge on any atom is 0.184 e. The molecule has 1 aliphatic rings. The van der Waals surface area contributed by atoms with Crippen LogP contribution < -0.4 is 0 Å². The molecule has 0 spiro atoms. The molecule has 2 nitrogen and oxygen atoms in total. The Labute approximate surface area is 113 Å². The van der Waals surface area contributed by atoms with E-state index in [1.54, 1.807) is 6.08 Å². The quantitative estimate of drug-likeness (QED) is 0.524. The van der Waals surface area contributed by atoms with Crippen LogP contribution in [0.2, 0.25) is 19.6 Å². The third-order valence-electron chi connectivity index (χ3n) is 2.42. The highest BCUT2D eigenvalue weighted by atomic mass is 28.4. The second-order valence-corrected chi connectivity index (χ2v) is 10.0. The summed E-state index contributed by atoms with van der Waals surface area (Å²) in [6, 6.07) is 0. The lowest BCUT2D eigenvalue weighted by Gasteiger charge is -2.25. The Bertz CT molecular complexity index is 277. The summed E-state index contributed by atoms with van der Waals surface area (Å²) >= 11 is 0. The lowest BCUT2D eigenvalue weighted by atomic mass is 10.1. The first-order chi connectivity index (χ1) is 8.39. The van der Waals surface area contributed by atoms with Gasteiger partial charge in [-0.3, -0.25) is 4.79 Å². The fraction of sp³-hybridized carbons (Fsp3) is 0.667. The molecule has 0 heterocycles. The molecule has 3 heteroatoms. The van der Waals surface area contributed by atoms with Crippen LogP contribution in [-0.4, -0.2) is 20.2 Å². The van der Waals surface area contributed by atoms with Gasteiger partial charge in [0.2, 0.25) is 0 Å². The average Bonchev–Trinajstić information content (AvgIpc) is 2.68. The Hall–Kier alpha value is -0.673. The van der Waals surface area contributed by atoms with E-state index in [9.17, 15) is 4.79 Å². The summed E-state index contributed by atoms with van der Waals surface area (Å²) in [5.41, 5.74) is 0. The number of ketones is 1. The Morgan fingerprint density at radius 2 is 2.17 bits per heavy atom. The van der Waals surface area contributed by atoms with Crippen molar-refractivity contribution in [2.75, 3.05) is 0 Å². The first kappa shape index (κ1) is 17.3. The summed E-state index contributed by atoms with van der Waals surface area (Å²) in [7, 11) is -1.34. The van der Waals surface area contributed by atoms with Gasteiger partial charge >= 0.3 is 0 Å². The number of carbonyl (C=O) groups excluding carboxylic acids is 1. The normalized spacial score (nSPS) is 16.1. The molecule has 18 heavy (non-hydrogen) atoms. The van der Waals surface area contributed by atoms with Crippen LogP contribution in [0.15, 0.2) is 24.8 Å². The van der Waals surface area contributed by atoms with Crippen LogP contribution in [-0.2, 0) is 9.22 Å². The summed E-state index contributed by atoms with van der Waals surface area (Å²) in [6.45, 7) is 12.7. The molecule has 1 unspecified atom stereocenters. The van der Waals surface area contributed by atoms with Gasteiger partial charge in [-0.05, 0) is 45.0 Å². The van der Waals surface area contributed by atoms with E-state index in [2.05, 4.69) is 33.1 Å². The molecule has 0 aromatic carbocycles. The predicted molar refractivity (Wildman–Crippen MR) is 81.3 cm³/mol. The van der Waals surface area contributed by atoms with Crippen LogP contribution in [0.5, 0.6) is 0 Å². The average molecular weight is 268 g/mol. The number of hydrogen-bond acceptors (Lipinski definition) is 2. The van der Waals surface area contributed by atoms with Crippen LogP contribution >= 0.6 is 0 Å². The van der Waals surface area contributed by atoms with Gasteiger partial charge in [-0.1, -0.05) is 25.5 Å². The first-order valence-electron chi connectivity index (χ1n) is 6.87. The fourth-order valence-corrected chi connectivity index (χ4v) is 2.97. The van der Waals surface area contributed by atoms with Crippen molar-refractivity contribution in [2.24, 2.45) is 0 Å². The number of rotatable bonds is 6. The molecule has 0 aliphatic heterocycles. The van der Waals surface area contributed by atoms with Gasteiger partial charge < -0.3 is 4.43 Å². The molecular weight excluding hydrogens is 240 g/mol. The van der Waals surface area contributed by atoms with Gasteiger partial charge in [-0.2, -0.15) is 0 Å². The highest BCUT2D eigenvalue weighted by Gasteiger charge is 2.19. The zero-order valence-electron chi connectivity index (χ0n) is 12.4. The topological polar surface area (TPSA) is 26.3 Å². The van der Waals surface area contributed by atoms with E-state index in [0.29, 0.717) is 6.10 Å². The third kappa shape index (κ3) is 10.5. The SMILES string of the molecule is C=CCC(CCC)O[Si](C)(C)C.O=C1C=CCC1. The standard InChI is InChI=1S/C10H22OSi.C5H6O/c1-6-8-10(9-7-2)11-12(3,4)5;6-5-3-1-2-4-5/h6,10H,1,7-9H2,2-5H3;1,3H,2,4H2. The molecule has 0 saturated carbocycles. The molecule has 0 aromatic heterocycles. The Balaban J connectivity index is 0.000000397. The zero-order valence-corrected chi connectivity index (χ0v) is 13.4. The second-order valence-electron chi connectivity index (χ2n) is 5.57. The van der Waals surface area contributed by atoms with Crippen LogP contribution in [0.25, 0.3) is 0 Å². The Kier molecular flexibility index (Phi) is 8.94. The molecule has 0 saturated heterocycles. The third-order valence-corrected chi connectivity index (χ3v) is 3.46. The van der Waals surface area contributed by atoms with Gasteiger partial charge in [0, 0.05) is 12.5 Å². The Morgan fingerprint density at radius 1 is 1.50 bits per heavy atom. The molecule has 0 bridgehead atoms. The molecule has 1 rings (SSSR count). The van der Waals surface area contributed by atoms with Crippen LogP contribution in [0, 0.1) is 0 Å². The molecule has 104 valence electrons. The predicted octanol–water partition coefficient (Wildman–Crippen LogP) is 4.49. The van der Waals surface area contributed by atoms with Gasteiger partial charge in [0.25, 0.3) is 0 Å². The van der Waals surface area contributed by atoms with E-state index in [1.807, 2.05) is 12.2 Å². The minimum atomic E-state index is -1.34. The maximum absolute atomic E-state index is 10.2. The lowest BCUT2D eigenvalue weighted by Crippen LogP contribution is -2.31. The molecule has 1 aliphatic carbocycles. The summed E-state index contributed by atoms with van der Waals surface area (Å²) in [5.74, 6) is 0.273. The van der Waals surface area contributed by atoms with Crippen molar-refractivity contribution < 1.29 is 9.22 Å². The van der Waals surface area contributed by atoms with Gasteiger partial charge in [-0.15, -0.1) is 6.58 Å². The largest absolute Gasteiger partial charge is 0.414 e. The molecule has 0 aromatic rings. The van der Waals surface area contributed by atoms with Gasteiger partial charge in [0.15, 0.2) is 14.1 Å². The van der Waals surface area contributed by atoms with Crippen molar-refractivity contribution in [1.82, 2.24) is 0 Å². The minimum absolute atomic E-state index is 0.273. The van der Waals surface area contributed by atoms with E-state index in [0.717, 1.165) is 25.7 Å². The second kappa shape index (κ2) is 9.28. The highest BCUT2D eigenvalue weighted by molar-refractivity contribution is 6.69. The zero-order chi connectivity index (χ0) is 14.0. The summed E-state index contributed by atoms with van der Waals surface area (Å²) in [6.07, 6.45) is 11.0. The molecule has 0 fully saturated rings. The monoisotopic (exact) mass is 268 g/mol. The Morgan fingerprint density at radius 3 is 2.44 bits per heavy atom. The van der Waals surface area contributed by atoms with Crippen LogP contribution in [0.4, 0.5) is 0 Å². The molecule has 0 N–H and O–H groups in total. The fourth-order valence-electron chi connectivity index (χ4n) is 1.76. The number of allylic oxidation sites excluding steroid dienone is 2. The number of carbonyl (C=O) groups is 1. The summed E-state index contributed by atoms with van der Waals surface area (Å²) in [4.78, 5) is 10.2. The van der Waals surface area contributed by atoms with Crippen molar-refractivity contribution in [3.8, 4) is 0 Å². The highest BCUT2D eigenvalue weighted by Crippen LogP contribution is 2.14. The summed E-state index contributed by atoms with van der Waals surface area (Å²) < 4.78 is 5.99. The first-order valence-corrected chi connectivity index (χ1v) is 10.3.